The van der Waals surface area contributed by atoms with Crippen LogP contribution >= 0.6 is 0 Å². The predicted molar refractivity (Wildman–Crippen MR) is 101 cm³/mol. The van der Waals surface area contributed by atoms with Crippen molar-refractivity contribution in [2.75, 3.05) is 13.1 Å². The zero-order valence-electron chi connectivity index (χ0n) is 16.0. The fraction of sp³-hybridized carbons (Fsp3) is 0.238. The highest BCUT2D eigenvalue weighted by Crippen LogP contribution is 2.30. The smallest absolute Gasteiger partial charge is 0.471 e. The number of benzene rings is 2. The number of nitrogens with zero attached hydrogens (tertiary/aromatic N) is 4. The fourth-order valence-electron chi connectivity index (χ4n) is 3.21. The van der Waals surface area contributed by atoms with Crippen molar-refractivity contribution in [3.63, 3.8) is 0 Å². The zero-order valence-corrected chi connectivity index (χ0v) is 16.0. The molecular formula is C21H15F3N4O3. The monoisotopic (exact) mass is 428 g/mol. The molecule has 0 radical (unpaired) electrons. The quantitative estimate of drug-likeness (QED) is 0.626. The van der Waals surface area contributed by atoms with E-state index in [-0.39, 0.29) is 17.8 Å². The summed E-state index contributed by atoms with van der Waals surface area (Å²) in [6, 6.07) is 14.7. The molecule has 1 fully saturated rings. The normalized spacial score (nSPS) is 16.2. The lowest BCUT2D eigenvalue weighted by Crippen LogP contribution is -2.30. The number of carbonyl (C=O) groups is 1. The molecule has 3 aromatic rings. The molecule has 1 aliphatic rings. The number of likely N-dealkylation sites (tertiary alicyclic amines) is 1. The molecule has 1 saturated heterocycles. The largest absolute Gasteiger partial charge is 0.489 e. The van der Waals surface area contributed by atoms with Gasteiger partial charge in [0.1, 0.15) is 11.9 Å². The number of amides is 1. The summed E-state index contributed by atoms with van der Waals surface area (Å²) in [6.07, 6.45) is -4.27. The summed E-state index contributed by atoms with van der Waals surface area (Å²) in [6.45, 7) is 0.936. The molecule has 31 heavy (non-hydrogen) atoms. The average Bonchev–Trinajstić information content (AvgIpc) is 3.44. The maximum Gasteiger partial charge on any atom is 0.471 e. The Hall–Kier alpha value is -3.87. The lowest BCUT2D eigenvalue weighted by atomic mass is 10.1. The Labute approximate surface area is 174 Å². The van der Waals surface area contributed by atoms with Gasteiger partial charge in [-0.3, -0.25) is 4.79 Å². The van der Waals surface area contributed by atoms with Crippen molar-refractivity contribution in [1.82, 2.24) is 15.0 Å². The molecule has 10 heteroatoms. The Bertz CT molecular complexity index is 1120. The average molecular weight is 428 g/mol. The number of ether oxygens (including phenoxy) is 1. The van der Waals surface area contributed by atoms with Crippen LogP contribution in [0.25, 0.3) is 11.4 Å². The topological polar surface area (TPSA) is 92.2 Å². The Balaban J connectivity index is 1.36. The molecule has 4 rings (SSSR count). The molecule has 0 bridgehead atoms. The van der Waals surface area contributed by atoms with Crippen LogP contribution in [0.1, 0.15) is 28.2 Å². The summed E-state index contributed by atoms with van der Waals surface area (Å²) in [5.74, 6) is -1.19. The molecule has 0 N–H and O–H groups in total. The van der Waals surface area contributed by atoms with Crippen molar-refractivity contribution >= 4 is 5.91 Å². The van der Waals surface area contributed by atoms with Crippen molar-refractivity contribution in [2.45, 2.75) is 18.7 Å². The van der Waals surface area contributed by atoms with Gasteiger partial charge in [-0.05, 0) is 48.5 Å². The lowest BCUT2D eigenvalue weighted by molar-refractivity contribution is -0.159. The van der Waals surface area contributed by atoms with Crippen LogP contribution in [0.15, 0.2) is 53.1 Å². The summed E-state index contributed by atoms with van der Waals surface area (Å²) in [5.41, 5.74) is 1.34. The van der Waals surface area contributed by atoms with E-state index < -0.39 is 12.1 Å². The highest BCUT2D eigenvalue weighted by atomic mass is 19.4. The first kappa shape index (κ1) is 20.4. The van der Waals surface area contributed by atoms with Crippen LogP contribution in [0.4, 0.5) is 13.2 Å². The molecular weight excluding hydrogens is 413 g/mol. The first-order valence-corrected chi connectivity index (χ1v) is 9.31. The number of hydrogen-bond donors (Lipinski definition) is 0. The summed E-state index contributed by atoms with van der Waals surface area (Å²) in [4.78, 5) is 17.6. The van der Waals surface area contributed by atoms with Crippen LogP contribution in [-0.4, -0.2) is 40.1 Å². The Morgan fingerprint density at radius 2 is 1.87 bits per heavy atom. The fourth-order valence-corrected chi connectivity index (χ4v) is 3.21. The molecule has 1 atom stereocenters. The number of aromatic nitrogens is 2. The van der Waals surface area contributed by atoms with Gasteiger partial charge >= 0.3 is 12.1 Å². The van der Waals surface area contributed by atoms with Gasteiger partial charge in [0.15, 0.2) is 0 Å². The number of carbonyl (C=O) groups excluding carboxylic acids is 1. The van der Waals surface area contributed by atoms with Gasteiger partial charge in [0, 0.05) is 24.1 Å². The SMILES string of the molecule is N#Cc1ccc(C(=O)N2CCC(Oc3ccc(-c4noc(C(F)(F)F)n4)cc3)C2)cc1. The molecule has 158 valence electrons. The van der Waals surface area contributed by atoms with Crippen molar-refractivity contribution in [2.24, 2.45) is 0 Å². The summed E-state index contributed by atoms with van der Waals surface area (Å²) >= 11 is 0. The van der Waals surface area contributed by atoms with Gasteiger partial charge in [0.25, 0.3) is 5.91 Å². The molecule has 1 amide bonds. The standard InChI is InChI=1S/C21H15F3N4O3/c22-21(23,24)20-26-18(27-31-20)14-5-7-16(8-6-14)30-17-9-10-28(12-17)19(29)15-3-1-13(11-25)2-4-15/h1-8,17H,9-10,12H2. The van der Waals surface area contributed by atoms with E-state index in [0.717, 1.165) is 0 Å². The molecule has 2 aromatic carbocycles. The van der Waals surface area contributed by atoms with Crippen LogP contribution in [-0.2, 0) is 6.18 Å². The lowest BCUT2D eigenvalue weighted by Gasteiger charge is -2.17. The van der Waals surface area contributed by atoms with Gasteiger partial charge in [-0.25, -0.2) is 0 Å². The minimum absolute atomic E-state index is 0.136. The van der Waals surface area contributed by atoms with Crippen molar-refractivity contribution in [3.8, 4) is 23.2 Å². The van der Waals surface area contributed by atoms with Gasteiger partial charge in [-0.2, -0.15) is 23.4 Å². The Kier molecular flexibility index (Phi) is 5.33. The third-order valence-corrected chi connectivity index (χ3v) is 4.78. The second kappa shape index (κ2) is 8.10. The number of hydrogen-bond acceptors (Lipinski definition) is 6. The predicted octanol–water partition coefficient (Wildman–Crippen LogP) is 3.92. The maximum atomic E-state index is 12.6. The second-order valence-corrected chi connectivity index (χ2v) is 6.91. The summed E-state index contributed by atoms with van der Waals surface area (Å²) in [7, 11) is 0. The molecule has 0 aliphatic carbocycles. The molecule has 0 spiro atoms. The van der Waals surface area contributed by atoms with Crippen molar-refractivity contribution in [3.05, 3.63) is 65.5 Å². The second-order valence-electron chi connectivity index (χ2n) is 6.91. The van der Waals surface area contributed by atoms with E-state index in [4.69, 9.17) is 10.00 Å². The van der Waals surface area contributed by atoms with Gasteiger partial charge in [0.2, 0.25) is 5.82 Å². The molecule has 0 saturated carbocycles. The number of halogens is 3. The van der Waals surface area contributed by atoms with Gasteiger partial charge in [-0.1, -0.05) is 5.16 Å². The highest BCUT2D eigenvalue weighted by molar-refractivity contribution is 5.94. The third-order valence-electron chi connectivity index (χ3n) is 4.78. The van der Waals surface area contributed by atoms with Crippen LogP contribution < -0.4 is 4.74 Å². The number of nitriles is 1. The van der Waals surface area contributed by atoms with Crippen LogP contribution in [0.2, 0.25) is 0 Å². The van der Waals surface area contributed by atoms with E-state index in [9.17, 15) is 18.0 Å². The van der Waals surface area contributed by atoms with E-state index in [1.807, 2.05) is 6.07 Å². The molecule has 2 heterocycles. The minimum atomic E-state index is -4.70. The van der Waals surface area contributed by atoms with E-state index in [2.05, 4.69) is 14.7 Å². The van der Waals surface area contributed by atoms with Crippen molar-refractivity contribution < 1.29 is 27.2 Å². The van der Waals surface area contributed by atoms with E-state index in [0.29, 0.717) is 42.0 Å². The van der Waals surface area contributed by atoms with E-state index >= 15 is 0 Å². The molecule has 1 aromatic heterocycles. The maximum absolute atomic E-state index is 12.6. The van der Waals surface area contributed by atoms with Gasteiger partial charge in [-0.15, -0.1) is 0 Å². The first-order valence-electron chi connectivity index (χ1n) is 9.31. The first-order chi connectivity index (χ1) is 14.8. The van der Waals surface area contributed by atoms with Crippen molar-refractivity contribution in [1.29, 1.82) is 5.26 Å². The number of rotatable bonds is 4. The van der Waals surface area contributed by atoms with E-state index in [1.54, 1.807) is 41.3 Å². The van der Waals surface area contributed by atoms with Gasteiger partial charge < -0.3 is 14.2 Å². The van der Waals surface area contributed by atoms with Gasteiger partial charge in [0.05, 0.1) is 18.2 Å². The molecule has 1 aliphatic heterocycles. The highest BCUT2D eigenvalue weighted by Gasteiger charge is 2.38. The summed E-state index contributed by atoms with van der Waals surface area (Å²) in [5, 5.41) is 12.2. The number of alkyl halides is 3. The molecule has 1 unspecified atom stereocenters. The molecule has 7 nitrogen and oxygen atoms in total. The van der Waals surface area contributed by atoms with Crippen LogP contribution in [0, 0.1) is 11.3 Å². The van der Waals surface area contributed by atoms with Crippen LogP contribution in [0.3, 0.4) is 0 Å². The van der Waals surface area contributed by atoms with E-state index in [1.165, 1.54) is 12.1 Å². The minimum Gasteiger partial charge on any atom is -0.489 e. The summed E-state index contributed by atoms with van der Waals surface area (Å²) < 4.78 is 47.9. The third kappa shape index (κ3) is 4.50. The Morgan fingerprint density at radius 1 is 1.16 bits per heavy atom. The van der Waals surface area contributed by atoms with Crippen LogP contribution in [0.5, 0.6) is 5.75 Å². The Morgan fingerprint density at radius 3 is 2.48 bits per heavy atom. The zero-order chi connectivity index (χ0) is 22.0.